The minimum absolute atomic E-state index is 0.0600. The fourth-order valence-electron chi connectivity index (χ4n) is 6.42. The van der Waals surface area contributed by atoms with Crippen LogP contribution >= 0.6 is 0 Å². The van der Waals surface area contributed by atoms with Crippen LogP contribution in [0.4, 0.5) is 4.39 Å². The number of nitrogens with one attached hydrogen (secondary N) is 1. The van der Waals surface area contributed by atoms with Gasteiger partial charge in [0.25, 0.3) is 0 Å². The summed E-state index contributed by atoms with van der Waals surface area (Å²) in [6.45, 7) is 3.03. The zero-order chi connectivity index (χ0) is 24.6. The lowest BCUT2D eigenvalue weighted by molar-refractivity contribution is -0.123. The van der Waals surface area contributed by atoms with Gasteiger partial charge in [-0.25, -0.2) is 4.39 Å². The summed E-state index contributed by atoms with van der Waals surface area (Å²) >= 11 is 0. The maximum absolute atomic E-state index is 13.1. The number of piperidine rings is 1. The molecule has 1 heterocycles. The SMILES string of the molecule is CO[C@@H]1CCC[C@@H](CC(=O)N[C@H]2CC[C@H](CCN3CCC(C(=O)c4ccc(F)cc4)CC3)CC2)C1. The Morgan fingerprint density at radius 1 is 0.971 bits per heavy atom. The number of ketones is 1. The molecule has 1 aliphatic heterocycles. The van der Waals surface area contributed by atoms with Crippen molar-refractivity contribution in [1.29, 1.82) is 0 Å². The van der Waals surface area contributed by atoms with E-state index in [1.165, 1.54) is 37.8 Å². The number of hydrogen-bond donors (Lipinski definition) is 1. The second-order valence-electron chi connectivity index (χ2n) is 11.2. The second kappa shape index (κ2) is 13.0. The molecule has 6 heteroatoms. The predicted octanol–water partition coefficient (Wildman–Crippen LogP) is 5.38. The van der Waals surface area contributed by atoms with Crippen molar-refractivity contribution in [2.45, 2.75) is 89.2 Å². The van der Waals surface area contributed by atoms with Crippen LogP contribution in [0.2, 0.25) is 0 Å². The van der Waals surface area contributed by atoms with Crippen LogP contribution in [-0.4, -0.2) is 55.5 Å². The fraction of sp³-hybridized carbons (Fsp3) is 0.724. The molecular formula is C29H43FN2O3. The van der Waals surface area contributed by atoms with Crippen LogP contribution in [0.25, 0.3) is 0 Å². The van der Waals surface area contributed by atoms with Crippen LogP contribution in [0.1, 0.15) is 87.4 Å². The number of likely N-dealkylation sites (tertiary alicyclic amines) is 1. The van der Waals surface area contributed by atoms with Gasteiger partial charge < -0.3 is 15.0 Å². The average molecular weight is 487 g/mol. The minimum atomic E-state index is -0.298. The minimum Gasteiger partial charge on any atom is -0.381 e. The first-order chi connectivity index (χ1) is 17.0. The van der Waals surface area contributed by atoms with Crippen molar-refractivity contribution in [2.24, 2.45) is 17.8 Å². The molecule has 2 atom stereocenters. The average Bonchev–Trinajstić information content (AvgIpc) is 2.88. The molecule has 1 amide bonds. The number of hydrogen-bond acceptors (Lipinski definition) is 4. The third-order valence-corrected chi connectivity index (χ3v) is 8.69. The Balaban J connectivity index is 1.09. The van der Waals surface area contributed by atoms with Crippen molar-refractivity contribution in [3.05, 3.63) is 35.6 Å². The highest BCUT2D eigenvalue weighted by atomic mass is 19.1. The van der Waals surface area contributed by atoms with Crippen molar-refractivity contribution in [1.82, 2.24) is 10.2 Å². The molecule has 0 bridgehead atoms. The molecule has 2 saturated carbocycles. The molecule has 35 heavy (non-hydrogen) atoms. The summed E-state index contributed by atoms with van der Waals surface area (Å²) in [4.78, 5) is 27.8. The van der Waals surface area contributed by atoms with E-state index in [0.717, 1.165) is 70.5 Å². The summed E-state index contributed by atoms with van der Waals surface area (Å²) in [5, 5.41) is 3.31. The Labute approximate surface area is 210 Å². The lowest BCUT2D eigenvalue weighted by Gasteiger charge is -2.34. The molecule has 0 aromatic heterocycles. The van der Waals surface area contributed by atoms with E-state index >= 15 is 0 Å². The molecule has 1 N–H and O–H groups in total. The summed E-state index contributed by atoms with van der Waals surface area (Å²) < 4.78 is 18.6. The van der Waals surface area contributed by atoms with Crippen LogP contribution in [0, 0.1) is 23.6 Å². The van der Waals surface area contributed by atoms with E-state index in [1.54, 1.807) is 19.2 Å². The summed E-state index contributed by atoms with van der Waals surface area (Å²) in [7, 11) is 1.78. The van der Waals surface area contributed by atoms with E-state index in [-0.39, 0.29) is 23.4 Å². The maximum Gasteiger partial charge on any atom is 0.220 e. The summed E-state index contributed by atoms with van der Waals surface area (Å²) in [6, 6.07) is 6.30. The van der Waals surface area contributed by atoms with E-state index in [4.69, 9.17) is 4.74 Å². The van der Waals surface area contributed by atoms with Gasteiger partial charge in [0.15, 0.2) is 5.78 Å². The van der Waals surface area contributed by atoms with Gasteiger partial charge in [-0.1, -0.05) is 6.42 Å². The standard InChI is InChI=1S/C29H43FN2O3/c1-35-27-4-2-3-22(19-27)20-28(33)31-26-11-5-21(6-12-26)13-16-32-17-14-24(15-18-32)29(34)23-7-9-25(30)10-8-23/h7-10,21-22,24,26-27H,2-6,11-20H2,1H3,(H,31,33)/t21-,22-,26-,27-/m1/s1. The lowest BCUT2D eigenvalue weighted by Crippen LogP contribution is -2.40. The Kier molecular flexibility index (Phi) is 9.73. The molecular weight excluding hydrogens is 443 g/mol. The number of amides is 1. The summed E-state index contributed by atoms with van der Waals surface area (Å²) in [5.41, 5.74) is 0.631. The number of rotatable bonds is 9. The highest BCUT2D eigenvalue weighted by Gasteiger charge is 2.28. The molecule has 5 nitrogen and oxygen atoms in total. The monoisotopic (exact) mass is 486 g/mol. The number of methoxy groups -OCH3 is 1. The van der Waals surface area contributed by atoms with Gasteiger partial charge in [0.1, 0.15) is 5.82 Å². The van der Waals surface area contributed by atoms with Gasteiger partial charge in [0.05, 0.1) is 6.10 Å². The number of carbonyl (C=O) groups excluding carboxylic acids is 2. The lowest BCUT2D eigenvalue weighted by atomic mass is 9.83. The molecule has 194 valence electrons. The Morgan fingerprint density at radius 3 is 2.37 bits per heavy atom. The van der Waals surface area contributed by atoms with E-state index in [1.807, 2.05) is 0 Å². The van der Waals surface area contributed by atoms with Gasteiger partial charge in [-0.05, 0) is 120 Å². The number of Topliss-reactive ketones (excluding diaryl/α,β-unsaturated/α-hetero) is 1. The summed E-state index contributed by atoms with van der Waals surface area (Å²) in [6.07, 6.45) is 13.0. The number of nitrogens with zero attached hydrogens (tertiary/aromatic N) is 1. The number of ether oxygens (including phenoxy) is 1. The van der Waals surface area contributed by atoms with Gasteiger partial charge in [-0.15, -0.1) is 0 Å². The van der Waals surface area contributed by atoms with Crippen molar-refractivity contribution < 1.29 is 18.7 Å². The predicted molar refractivity (Wildman–Crippen MR) is 136 cm³/mol. The third-order valence-electron chi connectivity index (χ3n) is 8.69. The molecule has 0 radical (unpaired) electrons. The first kappa shape index (κ1) is 26.3. The quantitative estimate of drug-likeness (QED) is 0.476. The molecule has 4 rings (SSSR count). The third kappa shape index (κ3) is 7.85. The molecule has 1 aromatic rings. The van der Waals surface area contributed by atoms with Gasteiger partial charge in [-0.2, -0.15) is 0 Å². The zero-order valence-corrected chi connectivity index (χ0v) is 21.4. The molecule has 3 aliphatic rings. The Hall–Kier alpha value is -1.79. The van der Waals surface area contributed by atoms with Crippen LogP contribution in [-0.2, 0) is 9.53 Å². The normalized spacial score (nSPS) is 28.5. The van der Waals surface area contributed by atoms with Crippen molar-refractivity contribution in [3.8, 4) is 0 Å². The smallest absolute Gasteiger partial charge is 0.220 e. The van der Waals surface area contributed by atoms with Gasteiger partial charge in [-0.3, -0.25) is 9.59 Å². The topological polar surface area (TPSA) is 58.6 Å². The molecule has 3 fully saturated rings. The molecule has 1 saturated heterocycles. The first-order valence-corrected chi connectivity index (χ1v) is 13.8. The first-order valence-electron chi connectivity index (χ1n) is 13.8. The number of benzene rings is 1. The Morgan fingerprint density at radius 2 is 1.69 bits per heavy atom. The highest BCUT2D eigenvalue weighted by Crippen LogP contribution is 2.30. The van der Waals surface area contributed by atoms with E-state index < -0.39 is 0 Å². The largest absolute Gasteiger partial charge is 0.381 e. The van der Waals surface area contributed by atoms with Crippen LogP contribution in [0.5, 0.6) is 0 Å². The molecule has 0 unspecified atom stereocenters. The van der Waals surface area contributed by atoms with E-state index in [2.05, 4.69) is 10.2 Å². The van der Waals surface area contributed by atoms with Crippen molar-refractivity contribution in [3.63, 3.8) is 0 Å². The van der Waals surface area contributed by atoms with Gasteiger partial charge in [0, 0.05) is 31.1 Å². The molecule has 2 aliphatic carbocycles. The highest BCUT2D eigenvalue weighted by molar-refractivity contribution is 5.97. The fourth-order valence-corrected chi connectivity index (χ4v) is 6.42. The second-order valence-corrected chi connectivity index (χ2v) is 11.2. The van der Waals surface area contributed by atoms with Crippen LogP contribution in [0.15, 0.2) is 24.3 Å². The molecule has 1 aromatic carbocycles. The molecule has 0 spiro atoms. The van der Waals surface area contributed by atoms with Crippen molar-refractivity contribution >= 4 is 11.7 Å². The number of carbonyl (C=O) groups is 2. The van der Waals surface area contributed by atoms with Gasteiger partial charge in [0.2, 0.25) is 5.91 Å². The maximum atomic E-state index is 13.1. The van der Waals surface area contributed by atoms with Gasteiger partial charge >= 0.3 is 0 Å². The van der Waals surface area contributed by atoms with E-state index in [9.17, 15) is 14.0 Å². The zero-order valence-electron chi connectivity index (χ0n) is 21.4. The Bertz CT molecular complexity index is 814. The summed E-state index contributed by atoms with van der Waals surface area (Å²) in [5.74, 6) is 1.36. The van der Waals surface area contributed by atoms with Crippen molar-refractivity contribution in [2.75, 3.05) is 26.7 Å². The van der Waals surface area contributed by atoms with Crippen LogP contribution in [0.3, 0.4) is 0 Å². The number of halogens is 1. The van der Waals surface area contributed by atoms with Crippen LogP contribution < -0.4 is 5.32 Å². The van der Waals surface area contributed by atoms with E-state index in [0.29, 0.717) is 30.0 Å².